The van der Waals surface area contributed by atoms with Crippen LogP contribution >= 0.6 is 15.9 Å². The van der Waals surface area contributed by atoms with Crippen LogP contribution in [0, 0.1) is 6.07 Å². The maximum absolute atomic E-state index is 3.47. The van der Waals surface area contributed by atoms with Crippen molar-refractivity contribution in [1.82, 2.24) is 0 Å². The van der Waals surface area contributed by atoms with E-state index in [0.717, 1.165) is 5.33 Å². The summed E-state index contributed by atoms with van der Waals surface area (Å²) in [4.78, 5) is 0. The minimum atomic E-state index is 0.608. The number of fused-ring (bicyclic) bond motifs is 1. The number of rotatable bonds is 2. The van der Waals surface area contributed by atoms with Gasteiger partial charge in [-0.1, -0.05) is 40.2 Å². The third-order valence-electron chi connectivity index (χ3n) is 2.26. The Kier molecular flexibility index (Phi) is 2.31. The van der Waals surface area contributed by atoms with Gasteiger partial charge in [-0.05, 0) is 29.7 Å². The Labute approximate surface area is 81.4 Å². The summed E-state index contributed by atoms with van der Waals surface area (Å²) >= 11 is 3.47. The monoisotopic (exact) mass is 221 g/mol. The van der Waals surface area contributed by atoms with Crippen LogP contribution in [0.15, 0.2) is 24.3 Å². The third-order valence-corrected chi connectivity index (χ3v) is 2.72. The summed E-state index contributed by atoms with van der Waals surface area (Å²) < 4.78 is 0. The topological polar surface area (TPSA) is 0 Å². The molecule has 1 aromatic carbocycles. The van der Waals surface area contributed by atoms with Gasteiger partial charge in [0.1, 0.15) is 0 Å². The van der Waals surface area contributed by atoms with Crippen LogP contribution in [-0.2, 0) is 0 Å². The molecule has 1 radical (unpaired) electrons. The van der Waals surface area contributed by atoms with E-state index in [2.05, 4.69) is 46.3 Å². The lowest BCUT2D eigenvalue weighted by Crippen LogP contribution is -1.93. The molecule has 1 aromatic rings. The van der Waals surface area contributed by atoms with E-state index in [1.54, 1.807) is 0 Å². The summed E-state index contributed by atoms with van der Waals surface area (Å²) in [7, 11) is 0. The molecule has 0 aliphatic heterocycles. The standard InChI is InChI=1S/C11H10Br/c12-8-7-10-6-5-9-3-1-2-4-11(9)10/h1,3-6,10H,7-8H2. The average Bonchev–Trinajstić information content (AvgIpc) is 2.50. The lowest BCUT2D eigenvalue weighted by atomic mass is 9.99. The molecule has 12 heavy (non-hydrogen) atoms. The number of benzene rings is 1. The molecule has 0 fully saturated rings. The number of halogens is 1. The van der Waals surface area contributed by atoms with Crippen LogP contribution in [0.2, 0.25) is 0 Å². The van der Waals surface area contributed by atoms with Gasteiger partial charge in [0, 0.05) is 11.2 Å². The molecule has 0 spiro atoms. The predicted octanol–water partition coefficient (Wildman–Crippen LogP) is 3.38. The van der Waals surface area contributed by atoms with E-state index in [4.69, 9.17) is 0 Å². The van der Waals surface area contributed by atoms with E-state index in [1.165, 1.54) is 17.5 Å². The fraction of sp³-hybridized carbons (Fsp3) is 0.273. The molecular weight excluding hydrogens is 212 g/mol. The second-order valence-corrected chi connectivity index (χ2v) is 3.79. The maximum atomic E-state index is 3.47. The minimum Gasteiger partial charge on any atom is -0.0928 e. The van der Waals surface area contributed by atoms with Crippen molar-refractivity contribution in [2.45, 2.75) is 12.3 Å². The summed E-state index contributed by atoms with van der Waals surface area (Å²) in [5.41, 5.74) is 2.79. The lowest BCUT2D eigenvalue weighted by Gasteiger charge is -2.07. The van der Waals surface area contributed by atoms with Gasteiger partial charge in [-0.25, -0.2) is 0 Å². The highest BCUT2D eigenvalue weighted by Gasteiger charge is 2.14. The molecule has 1 heteroatoms. The zero-order chi connectivity index (χ0) is 8.39. The molecule has 0 heterocycles. The normalized spacial score (nSPS) is 19.6. The van der Waals surface area contributed by atoms with Gasteiger partial charge in [-0.2, -0.15) is 0 Å². The quantitative estimate of drug-likeness (QED) is 0.673. The SMILES string of the molecule is BrCCC1C=Cc2cc[c]cc21. The Morgan fingerprint density at radius 3 is 3.25 bits per heavy atom. The van der Waals surface area contributed by atoms with Gasteiger partial charge < -0.3 is 0 Å². The third kappa shape index (κ3) is 1.34. The van der Waals surface area contributed by atoms with Crippen LogP contribution in [0.3, 0.4) is 0 Å². The Balaban J connectivity index is 2.30. The first kappa shape index (κ1) is 8.06. The molecule has 0 saturated heterocycles. The van der Waals surface area contributed by atoms with Crippen LogP contribution in [0.4, 0.5) is 0 Å². The fourth-order valence-electron chi connectivity index (χ4n) is 1.62. The molecule has 0 nitrogen and oxygen atoms in total. The molecule has 0 saturated carbocycles. The second kappa shape index (κ2) is 3.44. The van der Waals surface area contributed by atoms with Crippen LogP contribution in [0.5, 0.6) is 0 Å². The molecule has 0 amide bonds. The van der Waals surface area contributed by atoms with Gasteiger partial charge in [0.05, 0.1) is 0 Å². The molecule has 1 aliphatic carbocycles. The molecule has 0 bridgehead atoms. The number of hydrogen-bond donors (Lipinski definition) is 0. The number of allylic oxidation sites excluding steroid dienone is 1. The fourth-order valence-corrected chi connectivity index (χ4v) is 2.11. The van der Waals surface area contributed by atoms with Crippen molar-refractivity contribution >= 4 is 22.0 Å². The highest BCUT2D eigenvalue weighted by molar-refractivity contribution is 9.09. The molecule has 1 aliphatic rings. The first-order valence-electron chi connectivity index (χ1n) is 4.16. The summed E-state index contributed by atoms with van der Waals surface area (Å²) in [6.07, 6.45) is 5.66. The first-order valence-corrected chi connectivity index (χ1v) is 5.28. The van der Waals surface area contributed by atoms with Crippen molar-refractivity contribution in [2.75, 3.05) is 5.33 Å². The van der Waals surface area contributed by atoms with Crippen molar-refractivity contribution < 1.29 is 0 Å². The molecule has 1 atom stereocenters. The van der Waals surface area contributed by atoms with Crippen molar-refractivity contribution in [3.05, 3.63) is 41.5 Å². The van der Waals surface area contributed by atoms with Gasteiger partial charge in [0.25, 0.3) is 0 Å². The van der Waals surface area contributed by atoms with E-state index in [9.17, 15) is 0 Å². The van der Waals surface area contributed by atoms with Crippen LogP contribution < -0.4 is 0 Å². The molecule has 0 aromatic heterocycles. The Morgan fingerprint density at radius 2 is 2.42 bits per heavy atom. The van der Waals surface area contributed by atoms with E-state index in [0.29, 0.717) is 5.92 Å². The Hall–Kier alpha value is -0.560. The predicted molar refractivity (Wildman–Crippen MR) is 55.5 cm³/mol. The summed E-state index contributed by atoms with van der Waals surface area (Å²) in [6, 6.07) is 9.32. The first-order chi connectivity index (χ1) is 5.92. The minimum absolute atomic E-state index is 0.608. The highest BCUT2D eigenvalue weighted by atomic mass is 79.9. The Morgan fingerprint density at radius 1 is 1.50 bits per heavy atom. The smallest absolute Gasteiger partial charge is 0.00401 e. The summed E-state index contributed by atoms with van der Waals surface area (Å²) in [5, 5.41) is 1.07. The zero-order valence-corrected chi connectivity index (χ0v) is 8.34. The van der Waals surface area contributed by atoms with Crippen LogP contribution in [0.1, 0.15) is 23.5 Å². The molecule has 0 N–H and O–H groups in total. The highest BCUT2D eigenvalue weighted by Crippen LogP contribution is 2.32. The zero-order valence-electron chi connectivity index (χ0n) is 6.76. The van der Waals surface area contributed by atoms with Crippen molar-refractivity contribution in [1.29, 1.82) is 0 Å². The van der Waals surface area contributed by atoms with Crippen molar-refractivity contribution in [2.24, 2.45) is 0 Å². The Bertz CT molecular complexity index is 302. The van der Waals surface area contributed by atoms with E-state index in [-0.39, 0.29) is 0 Å². The average molecular weight is 222 g/mol. The lowest BCUT2D eigenvalue weighted by molar-refractivity contribution is 0.832. The maximum Gasteiger partial charge on any atom is 0.00401 e. The second-order valence-electron chi connectivity index (χ2n) is 3.00. The van der Waals surface area contributed by atoms with Gasteiger partial charge in [0.2, 0.25) is 0 Å². The largest absolute Gasteiger partial charge is 0.0928 e. The summed E-state index contributed by atoms with van der Waals surface area (Å²) in [6.45, 7) is 0. The number of hydrogen-bond acceptors (Lipinski definition) is 0. The molecule has 2 rings (SSSR count). The van der Waals surface area contributed by atoms with Gasteiger partial charge in [0.15, 0.2) is 0 Å². The summed E-state index contributed by atoms with van der Waals surface area (Å²) in [5.74, 6) is 0.608. The van der Waals surface area contributed by atoms with Crippen LogP contribution in [-0.4, -0.2) is 5.33 Å². The molecular formula is C11H10Br. The van der Waals surface area contributed by atoms with Gasteiger partial charge >= 0.3 is 0 Å². The van der Waals surface area contributed by atoms with E-state index >= 15 is 0 Å². The van der Waals surface area contributed by atoms with Gasteiger partial charge in [-0.15, -0.1) is 0 Å². The number of alkyl halides is 1. The van der Waals surface area contributed by atoms with Gasteiger partial charge in [-0.3, -0.25) is 0 Å². The van der Waals surface area contributed by atoms with E-state index < -0.39 is 0 Å². The molecule has 61 valence electrons. The van der Waals surface area contributed by atoms with Crippen molar-refractivity contribution in [3.8, 4) is 0 Å². The van der Waals surface area contributed by atoms with Crippen LogP contribution in [0.25, 0.3) is 6.08 Å². The molecule has 1 unspecified atom stereocenters. The van der Waals surface area contributed by atoms with Crippen molar-refractivity contribution in [3.63, 3.8) is 0 Å². The van der Waals surface area contributed by atoms with E-state index in [1.807, 2.05) is 6.07 Å².